The first-order valence-corrected chi connectivity index (χ1v) is 7.79. The van der Waals surface area contributed by atoms with Gasteiger partial charge in [-0.2, -0.15) is 8.42 Å². The van der Waals surface area contributed by atoms with Crippen molar-refractivity contribution in [3.8, 4) is 0 Å². The average molecular weight is 395 g/mol. The van der Waals surface area contributed by atoms with Crippen molar-refractivity contribution >= 4 is 10.1 Å². The predicted octanol–water partition coefficient (Wildman–Crippen LogP) is 2.30. The van der Waals surface area contributed by atoms with Crippen LogP contribution in [0.3, 0.4) is 0 Å². The summed E-state index contributed by atoms with van der Waals surface area (Å²) in [4.78, 5) is 0. The van der Waals surface area contributed by atoms with Crippen molar-refractivity contribution in [3.05, 3.63) is 12.7 Å². The number of halogens is 8. The highest BCUT2D eigenvalue weighted by molar-refractivity contribution is 7.85. The van der Waals surface area contributed by atoms with Crippen molar-refractivity contribution in [1.29, 1.82) is 0 Å². The Bertz CT molecular complexity index is 453. The van der Waals surface area contributed by atoms with Gasteiger partial charge in [0.1, 0.15) is 5.75 Å². The summed E-state index contributed by atoms with van der Waals surface area (Å²) in [6.07, 6.45) is -24.2. The maximum absolute atomic E-state index is 13.0. The highest BCUT2D eigenvalue weighted by Crippen LogP contribution is 2.26. The second kappa shape index (κ2) is 11.6. The molecule has 24 heavy (non-hydrogen) atoms. The highest BCUT2D eigenvalue weighted by atomic mass is 32.2. The molecule has 0 aromatic rings. The van der Waals surface area contributed by atoms with Gasteiger partial charge in [0, 0.05) is 6.54 Å². The van der Waals surface area contributed by atoms with Crippen LogP contribution in [-0.4, -0.2) is 68.7 Å². The first-order chi connectivity index (χ1) is 10.8. The molecule has 0 saturated heterocycles. The van der Waals surface area contributed by atoms with E-state index in [1.54, 1.807) is 6.08 Å². The van der Waals surface area contributed by atoms with Gasteiger partial charge in [-0.3, -0.25) is 4.55 Å². The molecule has 4 nitrogen and oxygen atoms in total. The van der Waals surface area contributed by atoms with Gasteiger partial charge in [-0.1, -0.05) is 6.08 Å². The summed E-state index contributed by atoms with van der Waals surface area (Å²) >= 11 is 0. The number of hydrogen-bond donors (Lipinski definition) is 2. The Morgan fingerprint density at radius 2 is 1.21 bits per heavy atom. The van der Waals surface area contributed by atoms with E-state index in [2.05, 4.69) is 6.58 Å². The van der Waals surface area contributed by atoms with E-state index in [4.69, 9.17) is 10.3 Å². The van der Waals surface area contributed by atoms with Crippen LogP contribution in [0.5, 0.6) is 0 Å². The Labute approximate surface area is 133 Å². The molecular formula is C11H17F8NO3S. The molecule has 0 aliphatic heterocycles. The molecule has 0 amide bonds. The Kier molecular flexibility index (Phi) is 12.2. The quantitative estimate of drug-likeness (QED) is 0.357. The number of rotatable bonds is 9. The molecule has 0 rings (SSSR count). The molecule has 0 aromatic heterocycles. The largest absolute Gasteiger partial charge is 0.327 e. The summed E-state index contributed by atoms with van der Waals surface area (Å²) in [6.45, 7) is 3.94. The van der Waals surface area contributed by atoms with E-state index in [-0.39, 0.29) is 0 Å². The van der Waals surface area contributed by atoms with Crippen LogP contribution in [-0.2, 0) is 10.1 Å². The van der Waals surface area contributed by atoms with Crippen molar-refractivity contribution in [2.24, 2.45) is 5.73 Å². The smallest absolute Gasteiger partial charge is 0.272 e. The molecular weight excluding hydrogens is 378 g/mol. The third-order valence-corrected chi connectivity index (χ3v) is 3.08. The number of alkyl halides is 8. The van der Waals surface area contributed by atoms with E-state index >= 15 is 0 Å². The highest BCUT2D eigenvalue weighted by Gasteiger charge is 2.46. The molecule has 3 N–H and O–H groups in total. The zero-order valence-corrected chi connectivity index (χ0v) is 12.8. The maximum Gasteiger partial charge on any atom is 0.272 e. The first kappa shape index (κ1) is 25.3. The monoisotopic (exact) mass is 395 g/mol. The SMILES string of the molecule is C=CCN.O=S(=O)(O)CC(F)C(F)C(F)C(F)C(F)C(F)C(F)F. The third-order valence-electron chi connectivity index (χ3n) is 2.34. The van der Waals surface area contributed by atoms with E-state index in [0.717, 1.165) is 0 Å². The van der Waals surface area contributed by atoms with Gasteiger partial charge in [-0.05, 0) is 0 Å². The van der Waals surface area contributed by atoms with Gasteiger partial charge in [-0.25, -0.2) is 35.1 Å². The lowest BCUT2D eigenvalue weighted by Gasteiger charge is -2.23. The standard InChI is InChI=1S/C8H10F8O3S.C3H7N/c9-2(1-20(17,18)19)3(10)4(11)5(12)6(13)7(14)8(15)16;1-2-3-4/h2-8H,1H2,(H,17,18,19);2H,1,3-4H2. The lowest BCUT2D eigenvalue weighted by atomic mass is 10.0. The van der Waals surface area contributed by atoms with Crippen LogP contribution in [0, 0.1) is 0 Å². The van der Waals surface area contributed by atoms with Crippen LogP contribution in [0.2, 0.25) is 0 Å². The second-order valence-electron chi connectivity index (χ2n) is 4.35. The second-order valence-corrected chi connectivity index (χ2v) is 5.84. The molecule has 0 fully saturated rings. The molecule has 0 radical (unpaired) electrons. The molecule has 13 heteroatoms. The van der Waals surface area contributed by atoms with Gasteiger partial charge in [0.2, 0.25) is 0 Å². The molecule has 0 aliphatic carbocycles. The minimum atomic E-state index is -5.07. The van der Waals surface area contributed by atoms with Crippen LogP contribution >= 0.6 is 0 Å². The van der Waals surface area contributed by atoms with Crippen LogP contribution in [0.1, 0.15) is 0 Å². The average Bonchev–Trinajstić information content (AvgIpc) is 2.49. The molecule has 0 bridgehead atoms. The predicted molar refractivity (Wildman–Crippen MR) is 71.0 cm³/mol. The van der Waals surface area contributed by atoms with Crippen molar-refractivity contribution in [2.45, 2.75) is 43.5 Å². The van der Waals surface area contributed by atoms with Crippen molar-refractivity contribution in [2.75, 3.05) is 12.3 Å². The zero-order valence-electron chi connectivity index (χ0n) is 12.0. The van der Waals surface area contributed by atoms with Crippen LogP contribution in [0.15, 0.2) is 12.7 Å². The van der Waals surface area contributed by atoms with Gasteiger partial charge >= 0.3 is 0 Å². The normalized spacial score (nSPS) is 19.5. The molecule has 6 unspecified atom stereocenters. The third kappa shape index (κ3) is 10.0. The molecule has 0 saturated carbocycles. The fourth-order valence-corrected chi connectivity index (χ4v) is 1.74. The van der Waals surface area contributed by atoms with Crippen LogP contribution in [0.25, 0.3) is 0 Å². The summed E-state index contributed by atoms with van der Waals surface area (Å²) in [5.74, 6) is -1.95. The Morgan fingerprint density at radius 1 is 0.875 bits per heavy atom. The minimum Gasteiger partial charge on any atom is -0.327 e. The lowest BCUT2D eigenvalue weighted by molar-refractivity contribution is -0.0577. The molecule has 146 valence electrons. The van der Waals surface area contributed by atoms with E-state index < -0.39 is 59.3 Å². The molecule has 0 aliphatic rings. The van der Waals surface area contributed by atoms with Crippen molar-refractivity contribution in [3.63, 3.8) is 0 Å². The van der Waals surface area contributed by atoms with Crippen molar-refractivity contribution in [1.82, 2.24) is 0 Å². The van der Waals surface area contributed by atoms with Gasteiger partial charge in [-0.15, -0.1) is 6.58 Å². The molecule has 0 heterocycles. The maximum atomic E-state index is 13.0. The summed E-state index contributed by atoms with van der Waals surface area (Å²) in [5.41, 5.74) is 4.91. The number of hydrogen-bond acceptors (Lipinski definition) is 3. The Morgan fingerprint density at radius 3 is 1.50 bits per heavy atom. The summed E-state index contributed by atoms with van der Waals surface area (Å²) in [6, 6.07) is 0. The first-order valence-electron chi connectivity index (χ1n) is 6.18. The zero-order chi connectivity index (χ0) is 19.7. The topological polar surface area (TPSA) is 80.4 Å². The number of nitrogens with two attached hydrogens (primary N) is 1. The fourth-order valence-electron chi connectivity index (χ4n) is 1.16. The summed E-state index contributed by atoms with van der Waals surface area (Å²) in [7, 11) is -5.07. The van der Waals surface area contributed by atoms with Crippen molar-refractivity contribution < 1.29 is 48.1 Å². The Hall–Kier alpha value is -0.950. The fraction of sp³-hybridized carbons (Fsp3) is 0.818. The van der Waals surface area contributed by atoms with E-state index in [1.807, 2.05) is 0 Å². The van der Waals surface area contributed by atoms with Gasteiger partial charge in [0.15, 0.2) is 37.0 Å². The van der Waals surface area contributed by atoms with Gasteiger partial charge in [0.25, 0.3) is 16.5 Å². The molecule has 6 atom stereocenters. The van der Waals surface area contributed by atoms with E-state index in [9.17, 15) is 43.5 Å². The van der Waals surface area contributed by atoms with Crippen LogP contribution < -0.4 is 5.73 Å². The Balaban J connectivity index is 0. The van der Waals surface area contributed by atoms with Gasteiger partial charge < -0.3 is 5.73 Å². The van der Waals surface area contributed by atoms with Gasteiger partial charge in [0.05, 0.1) is 0 Å². The summed E-state index contributed by atoms with van der Waals surface area (Å²) in [5, 5.41) is 0. The van der Waals surface area contributed by atoms with E-state index in [0.29, 0.717) is 6.54 Å². The van der Waals surface area contributed by atoms with Crippen LogP contribution in [0.4, 0.5) is 35.1 Å². The van der Waals surface area contributed by atoms with E-state index in [1.165, 1.54) is 0 Å². The molecule has 0 spiro atoms. The minimum absolute atomic E-state index is 0.583. The lowest BCUT2D eigenvalue weighted by Crippen LogP contribution is -2.45. The molecule has 0 aromatic carbocycles. The summed E-state index contributed by atoms with van der Waals surface area (Å²) < 4.78 is 129.